The van der Waals surface area contributed by atoms with Crippen molar-refractivity contribution in [3.63, 3.8) is 0 Å². The Morgan fingerprint density at radius 1 is 1.10 bits per heavy atom. The number of carbonyl (C=O) groups excluding carboxylic acids is 2. The van der Waals surface area contributed by atoms with Crippen LogP contribution in [0.1, 0.15) is 27.2 Å². The van der Waals surface area contributed by atoms with Crippen LogP contribution >= 0.6 is 0 Å². The van der Waals surface area contributed by atoms with Gasteiger partial charge in [-0.1, -0.05) is 23.4 Å². The SMILES string of the molecule is Cc1ccc(NC(=O)Cn2nnc(C(=O)NCc3ccc(F)cc3)c2N)cc1C. The Kier molecular flexibility index (Phi) is 5.87. The normalized spacial score (nSPS) is 10.6. The number of hydrogen-bond acceptors (Lipinski definition) is 5. The molecular weight excluding hydrogens is 375 g/mol. The van der Waals surface area contributed by atoms with Crippen LogP contribution < -0.4 is 16.4 Å². The van der Waals surface area contributed by atoms with Crippen molar-refractivity contribution in [3.05, 3.63) is 70.7 Å². The molecule has 29 heavy (non-hydrogen) atoms. The number of hydrogen-bond donors (Lipinski definition) is 3. The van der Waals surface area contributed by atoms with Crippen molar-refractivity contribution in [1.82, 2.24) is 20.3 Å². The Balaban J connectivity index is 1.60. The zero-order chi connectivity index (χ0) is 21.0. The number of amides is 2. The molecule has 9 heteroatoms. The maximum Gasteiger partial charge on any atom is 0.275 e. The molecule has 0 unspecified atom stereocenters. The van der Waals surface area contributed by atoms with Crippen LogP contribution in [-0.4, -0.2) is 26.8 Å². The van der Waals surface area contributed by atoms with Crippen LogP contribution in [0, 0.1) is 19.7 Å². The third kappa shape index (κ3) is 4.95. The first kappa shape index (κ1) is 20.0. The number of nitrogens with one attached hydrogen (secondary N) is 2. The molecule has 150 valence electrons. The zero-order valence-corrected chi connectivity index (χ0v) is 16.1. The lowest BCUT2D eigenvalue weighted by molar-refractivity contribution is -0.116. The number of aromatic nitrogens is 3. The number of anilines is 2. The van der Waals surface area contributed by atoms with Gasteiger partial charge in [0.1, 0.15) is 12.4 Å². The molecule has 0 aliphatic heterocycles. The van der Waals surface area contributed by atoms with Crippen LogP contribution in [0.2, 0.25) is 0 Å². The summed E-state index contributed by atoms with van der Waals surface area (Å²) in [6.07, 6.45) is 0. The monoisotopic (exact) mass is 396 g/mol. The molecule has 0 atom stereocenters. The van der Waals surface area contributed by atoms with Crippen LogP contribution in [0.15, 0.2) is 42.5 Å². The van der Waals surface area contributed by atoms with Gasteiger partial charge in [-0.3, -0.25) is 9.59 Å². The number of nitrogens with zero attached hydrogens (tertiary/aromatic N) is 3. The van der Waals surface area contributed by atoms with Crippen molar-refractivity contribution in [1.29, 1.82) is 0 Å². The van der Waals surface area contributed by atoms with Crippen molar-refractivity contribution in [2.24, 2.45) is 0 Å². The molecule has 0 spiro atoms. The van der Waals surface area contributed by atoms with E-state index >= 15 is 0 Å². The summed E-state index contributed by atoms with van der Waals surface area (Å²) < 4.78 is 14.1. The molecule has 3 rings (SSSR count). The average molecular weight is 396 g/mol. The van der Waals surface area contributed by atoms with Gasteiger partial charge in [0.25, 0.3) is 5.91 Å². The lowest BCUT2D eigenvalue weighted by Crippen LogP contribution is -2.25. The second kappa shape index (κ2) is 8.51. The standard InChI is InChI=1S/C20H21FN6O2/c1-12-3-8-16(9-13(12)2)24-17(28)11-27-19(22)18(25-26-27)20(29)23-10-14-4-6-15(21)7-5-14/h3-9H,10-11,22H2,1-2H3,(H,23,29)(H,24,28). The third-order valence-electron chi connectivity index (χ3n) is 4.44. The van der Waals surface area contributed by atoms with Crippen molar-refractivity contribution in [3.8, 4) is 0 Å². The zero-order valence-electron chi connectivity index (χ0n) is 16.1. The van der Waals surface area contributed by atoms with Gasteiger partial charge in [0.15, 0.2) is 11.5 Å². The van der Waals surface area contributed by atoms with Gasteiger partial charge in [-0.2, -0.15) is 0 Å². The summed E-state index contributed by atoms with van der Waals surface area (Å²) in [5.74, 6) is -1.25. The molecule has 0 saturated carbocycles. The number of carbonyl (C=O) groups is 2. The lowest BCUT2D eigenvalue weighted by Gasteiger charge is -2.08. The number of nitrogen functional groups attached to an aromatic ring is 1. The Morgan fingerprint density at radius 3 is 2.52 bits per heavy atom. The molecule has 2 amide bonds. The fourth-order valence-corrected chi connectivity index (χ4v) is 2.62. The largest absolute Gasteiger partial charge is 0.382 e. The quantitative estimate of drug-likeness (QED) is 0.591. The highest BCUT2D eigenvalue weighted by molar-refractivity contribution is 5.96. The van der Waals surface area contributed by atoms with E-state index in [0.29, 0.717) is 5.69 Å². The maximum atomic E-state index is 12.9. The van der Waals surface area contributed by atoms with E-state index in [2.05, 4.69) is 20.9 Å². The first-order chi connectivity index (χ1) is 13.8. The second-order valence-corrected chi connectivity index (χ2v) is 6.64. The summed E-state index contributed by atoms with van der Waals surface area (Å²) in [5, 5.41) is 12.9. The molecule has 1 aromatic heterocycles. The molecule has 4 N–H and O–H groups in total. The number of halogens is 1. The molecule has 3 aromatic rings. The van der Waals surface area contributed by atoms with Crippen LogP contribution in [0.3, 0.4) is 0 Å². The Morgan fingerprint density at radius 2 is 1.83 bits per heavy atom. The van der Waals surface area contributed by atoms with Gasteiger partial charge in [-0.05, 0) is 54.8 Å². The number of nitrogens with two attached hydrogens (primary N) is 1. The molecule has 0 fully saturated rings. The molecule has 0 saturated heterocycles. The van der Waals surface area contributed by atoms with E-state index in [-0.39, 0.29) is 36.3 Å². The second-order valence-electron chi connectivity index (χ2n) is 6.64. The summed E-state index contributed by atoms with van der Waals surface area (Å²) in [5.41, 5.74) is 9.41. The van der Waals surface area contributed by atoms with Gasteiger partial charge in [0.05, 0.1) is 0 Å². The van der Waals surface area contributed by atoms with Crippen LogP contribution in [0.25, 0.3) is 0 Å². The van der Waals surface area contributed by atoms with Gasteiger partial charge in [0.2, 0.25) is 5.91 Å². The number of benzene rings is 2. The lowest BCUT2D eigenvalue weighted by atomic mass is 10.1. The van der Waals surface area contributed by atoms with E-state index in [0.717, 1.165) is 21.4 Å². The number of rotatable bonds is 6. The molecule has 2 aromatic carbocycles. The molecule has 0 aliphatic carbocycles. The fraction of sp³-hybridized carbons (Fsp3) is 0.200. The van der Waals surface area contributed by atoms with E-state index in [1.165, 1.54) is 12.1 Å². The van der Waals surface area contributed by atoms with E-state index in [4.69, 9.17) is 5.73 Å². The van der Waals surface area contributed by atoms with Gasteiger partial charge in [-0.25, -0.2) is 9.07 Å². The molecule has 0 aliphatic rings. The van der Waals surface area contributed by atoms with Gasteiger partial charge >= 0.3 is 0 Å². The molecule has 0 radical (unpaired) electrons. The molecule has 8 nitrogen and oxygen atoms in total. The Labute approximate surface area is 166 Å². The van der Waals surface area contributed by atoms with Gasteiger partial charge < -0.3 is 16.4 Å². The van der Waals surface area contributed by atoms with Gasteiger partial charge in [-0.15, -0.1) is 5.10 Å². The van der Waals surface area contributed by atoms with Crippen molar-refractivity contribution in [2.75, 3.05) is 11.1 Å². The van der Waals surface area contributed by atoms with E-state index < -0.39 is 5.91 Å². The van der Waals surface area contributed by atoms with Crippen LogP contribution in [0.5, 0.6) is 0 Å². The van der Waals surface area contributed by atoms with Crippen LogP contribution in [0.4, 0.5) is 15.9 Å². The van der Waals surface area contributed by atoms with Crippen molar-refractivity contribution >= 4 is 23.3 Å². The summed E-state index contributed by atoms with van der Waals surface area (Å²) in [7, 11) is 0. The minimum absolute atomic E-state index is 0.0168. The number of aryl methyl sites for hydroxylation is 2. The predicted octanol–water partition coefficient (Wildman–Crippen LogP) is 2.18. The molecule has 1 heterocycles. The van der Waals surface area contributed by atoms with E-state index in [1.807, 2.05) is 26.0 Å². The fourth-order valence-electron chi connectivity index (χ4n) is 2.62. The van der Waals surface area contributed by atoms with Crippen LogP contribution in [-0.2, 0) is 17.9 Å². The van der Waals surface area contributed by atoms with E-state index in [9.17, 15) is 14.0 Å². The summed E-state index contributed by atoms with van der Waals surface area (Å²) in [4.78, 5) is 24.5. The summed E-state index contributed by atoms with van der Waals surface area (Å²) in [6.45, 7) is 3.94. The third-order valence-corrected chi connectivity index (χ3v) is 4.44. The Bertz CT molecular complexity index is 1050. The highest BCUT2D eigenvalue weighted by atomic mass is 19.1. The first-order valence-corrected chi connectivity index (χ1v) is 8.92. The van der Waals surface area contributed by atoms with E-state index in [1.54, 1.807) is 18.2 Å². The minimum Gasteiger partial charge on any atom is -0.382 e. The first-order valence-electron chi connectivity index (χ1n) is 8.92. The summed E-state index contributed by atoms with van der Waals surface area (Å²) in [6, 6.07) is 11.3. The average Bonchev–Trinajstić information content (AvgIpc) is 3.04. The predicted molar refractivity (Wildman–Crippen MR) is 107 cm³/mol. The van der Waals surface area contributed by atoms with Crippen molar-refractivity contribution in [2.45, 2.75) is 26.9 Å². The smallest absolute Gasteiger partial charge is 0.275 e. The highest BCUT2D eigenvalue weighted by Gasteiger charge is 2.18. The summed E-state index contributed by atoms with van der Waals surface area (Å²) >= 11 is 0. The van der Waals surface area contributed by atoms with Gasteiger partial charge in [0, 0.05) is 12.2 Å². The Hall–Kier alpha value is -3.75. The highest BCUT2D eigenvalue weighted by Crippen LogP contribution is 2.15. The molecule has 0 bridgehead atoms. The van der Waals surface area contributed by atoms with Crippen molar-refractivity contribution < 1.29 is 14.0 Å². The minimum atomic E-state index is -0.535. The topological polar surface area (TPSA) is 115 Å². The maximum absolute atomic E-state index is 12.9. The molecular formula is C20H21FN6O2.